The summed E-state index contributed by atoms with van der Waals surface area (Å²) in [6, 6.07) is 12.1. The maximum atomic E-state index is 12.4. The number of rotatable bonds is 4. The van der Waals surface area contributed by atoms with Gasteiger partial charge in [-0.25, -0.2) is 4.68 Å². The van der Waals surface area contributed by atoms with Gasteiger partial charge >= 0.3 is 0 Å². The van der Waals surface area contributed by atoms with Gasteiger partial charge in [0.2, 0.25) is 0 Å². The molecule has 0 atom stereocenters. The summed E-state index contributed by atoms with van der Waals surface area (Å²) in [5.41, 5.74) is 3.61. The number of aryl methyl sites for hydroxylation is 1. The van der Waals surface area contributed by atoms with E-state index < -0.39 is 0 Å². The zero-order chi connectivity index (χ0) is 17.8. The summed E-state index contributed by atoms with van der Waals surface area (Å²) in [6.07, 6.45) is 5.92. The summed E-state index contributed by atoms with van der Waals surface area (Å²) in [7, 11) is 0. The van der Waals surface area contributed by atoms with E-state index in [2.05, 4.69) is 10.4 Å². The third-order valence-electron chi connectivity index (χ3n) is 4.69. The molecule has 1 N–H and O–H groups in total. The highest BCUT2D eigenvalue weighted by atomic mass is 16.1. The van der Waals surface area contributed by atoms with Crippen LogP contribution in [0.3, 0.4) is 0 Å². The minimum absolute atomic E-state index is 0.130. The first kappa shape index (κ1) is 17.0. The van der Waals surface area contributed by atoms with E-state index in [9.17, 15) is 10.1 Å². The van der Waals surface area contributed by atoms with Gasteiger partial charge in [-0.15, -0.1) is 0 Å². The molecule has 5 nitrogen and oxygen atoms in total. The molecular weight excluding hydrogens is 312 g/mol. The summed E-state index contributed by atoms with van der Waals surface area (Å²) in [5, 5.41) is 17.0. The molecule has 0 aliphatic heterocycles. The van der Waals surface area contributed by atoms with Gasteiger partial charge in [-0.2, -0.15) is 10.4 Å². The van der Waals surface area contributed by atoms with Crippen molar-refractivity contribution in [3.63, 3.8) is 0 Å². The second kappa shape index (κ2) is 7.35. The Morgan fingerprint density at radius 2 is 1.96 bits per heavy atom. The molecule has 1 saturated carbocycles. The first-order valence-electron chi connectivity index (χ1n) is 8.64. The van der Waals surface area contributed by atoms with Crippen LogP contribution < -0.4 is 5.32 Å². The van der Waals surface area contributed by atoms with Crippen molar-refractivity contribution in [1.29, 1.82) is 5.26 Å². The Hall–Kier alpha value is -2.87. The predicted molar refractivity (Wildman–Crippen MR) is 97.0 cm³/mol. The Balaban J connectivity index is 1.90. The first-order valence-corrected chi connectivity index (χ1v) is 8.64. The highest BCUT2D eigenvalue weighted by Gasteiger charge is 2.20. The van der Waals surface area contributed by atoms with Crippen LogP contribution in [-0.4, -0.2) is 21.7 Å². The molecule has 25 heavy (non-hydrogen) atoms. The standard InChI is InChI=1S/C20H22N4O/c1-14-19(15(2)24(23-14)18-10-4-3-5-11-18)12-16(13-21)20(25)22-17-8-6-7-9-17/h3-5,10-12,17H,6-9H2,1-2H3,(H,22,25)/b16-12-. The minimum atomic E-state index is -0.291. The van der Waals surface area contributed by atoms with Crippen LogP contribution in [0.15, 0.2) is 35.9 Å². The third-order valence-corrected chi connectivity index (χ3v) is 4.69. The SMILES string of the molecule is Cc1nn(-c2ccccc2)c(C)c1/C=C(/C#N)C(=O)NC1CCCC1. The van der Waals surface area contributed by atoms with Crippen LogP contribution in [0, 0.1) is 25.2 Å². The average molecular weight is 334 g/mol. The Bertz CT molecular complexity index is 837. The van der Waals surface area contributed by atoms with Crippen molar-refractivity contribution in [2.45, 2.75) is 45.6 Å². The van der Waals surface area contributed by atoms with Crippen LogP contribution in [-0.2, 0) is 4.79 Å². The molecule has 1 aromatic heterocycles. The van der Waals surface area contributed by atoms with E-state index in [1.807, 2.05) is 54.9 Å². The van der Waals surface area contributed by atoms with Crippen molar-refractivity contribution < 1.29 is 4.79 Å². The highest BCUT2D eigenvalue weighted by Crippen LogP contribution is 2.21. The lowest BCUT2D eigenvalue weighted by Crippen LogP contribution is -2.33. The van der Waals surface area contributed by atoms with Gasteiger partial charge in [-0.1, -0.05) is 31.0 Å². The van der Waals surface area contributed by atoms with E-state index in [0.29, 0.717) is 0 Å². The normalized spacial score (nSPS) is 15.2. The number of carbonyl (C=O) groups is 1. The monoisotopic (exact) mass is 334 g/mol. The van der Waals surface area contributed by atoms with E-state index in [1.165, 1.54) is 0 Å². The smallest absolute Gasteiger partial charge is 0.262 e. The molecule has 1 aromatic carbocycles. The zero-order valence-electron chi connectivity index (χ0n) is 14.6. The number of para-hydroxylation sites is 1. The van der Waals surface area contributed by atoms with Gasteiger partial charge < -0.3 is 5.32 Å². The van der Waals surface area contributed by atoms with Gasteiger partial charge in [0.1, 0.15) is 11.6 Å². The molecule has 3 rings (SSSR count). The quantitative estimate of drug-likeness (QED) is 0.687. The summed E-state index contributed by atoms with van der Waals surface area (Å²) in [5.74, 6) is -0.291. The first-order chi connectivity index (χ1) is 12.1. The van der Waals surface area contributed by atoms with Crippen molar-refractivity contribution in [2.75, 3.05) is 0 Å². The number of carbonyl (C=O) groups excluding carboxylic acids is 1. The van der Waals surface area contributed by atoms with Crippen LogP contribution in [0.25, 0.3) is 11.8 Å². The van der Waals surface area contributed by atoms with Crippen molar-refractivity contribution >= 4 is 12.0 Å². The Morgan fingerprint density at radius 3 is 2.60 bits per heavy atom. The molecule has 1 amide bonds. The lowest BCUT2D eigenvalue weighted by atomic mass is 10.1. The Morgan fingerprint density at radius 1 is 1.28 bits per heavy atom. The molecule has 0 unspecified atom stereocenters. The Labute approximate surface area is 148 Å². The van der Waals surface area contributed by atoms with Gasteiger partial charge in [0.05, 0.1) is 11.4 Å². The number of nitrogens with zero attached hydrogens (tertiary/aromatic N) is 3. The summed E-state index contributed by atoms with van der Waals surface area (Å²) < 4.78 is 1.84. The van der Waals surface area contributed by atoms with Crippen LogP contribution in [0.5, 0.6) is 0 Å². The fourth-order valence-corrected chi connectivity index (χ4v) is 3.31. The number of hydrogen-bond donors (Lipinski definition) is 1. The van der Waals surface area contributed by atoms with E-state index in [4.69, 9.17) is 0 Å². The lowest BCUT2D eigenvalue weighted by molar-refractivity contribution is -0.117. The fourth-order valence-electron chi connectivity index (χ4n) is 3.31. The summed E-state index contributed by atoms with van der Waals surface area (Å²) >= 11 is 0. The Kier molecular flexibility index (Phi) is 4.99. The second-order valence-electron chi connectivity index (χ2n) is 6.46. The maximum absolute atomic E-state index is 12.4. The molecule has 1 aliphatic carbocycles. The molecule has 1 aliphatic rings. The van der Waals surface area contributed by atoms with Gasteiger partial charge in [0, 0.05) is 17.3 Å². The largest absolute Gasteiger partial charge is 0.349 e. The molecule has 0 radical (unpaired) electrons. The van der Waals surface area contributed by atoms with Gasteiger partial charge in [0.15, 0.2) is 0 Å². The van der Waals surface area contributed by atoms with E-state index in [1.54, 1.807) is 6.08 Å². The van der Waals surface area contributed by atoms with Crippen LogP contribution >= 0.6 is 0 Å². The van der Waals surface area contributed by atoms with E-state index in [0.717, 1.165) is 48.3 Å². The fraction of sp³-hybridized carbons (Fsp3) is 0.350. The van der Waals surface area contributed by atoms with Crippen molar-refractivity contribution in [3.8, 4) is 11.8 Å². The third kappa shape index (κ3) is 3.63. The van der Waals surface area contributed by atoms with Crippen LogP contribution in [0.2, 0.25) is 0 Å². The topological polar surface area (TPSA) is 70.7 Å². The zero-order valence-corrected chi connectivity index (χ0v) is 14.6. The van der Waals surface area contributed by atoms with Crippen LogP contribution in [0.1, 0.15) is 42.6 Å². The number of nitrogens with one attached hydrogen (secondary N) is 1. The van der Waals surface area contributed by atoms with Gasteiger partial charge in [0.25, 0.3) is 5.91 Å². The average Bonchev–Trinajstić information content (AvgIpc) is 3.22. The molecule has 0 bridgehead atoms. The van der Waals surface area contributed by atoms with Crippen LogP contribution in [0.4, 0.5) is 0 Å². The molecule has 5 heteroatoms. The van der Waals surface area contributed by atoms with Gasteiger partial charge in [-0.3, -0.25) is 4.79 Å². The number of hydrogen-bond acceptors (Lipinski definition) is 3. The summed E-state index contributed by atoms with van der Waals surface area (Å²) in [6.45, 7) is 3.84. The molecule has 128 valence electrons. The number of aromatic nitrogens is 2. The van der Waals surface area contributed by atoms with E-state index in [-0.39, 0.29) is 17.5 Å². The van der Waals surface area contributed by atoms with Crippen molar-refractivity contribution in [1.82, 2.24) is 15.1 Å². The number of nitriles is 1. The lowest BCUT2D eigenvalue weighted by Gasteiger charge is -2.11. The van der Waals surface area contributed by atoms with Crippen molar-refractivity contribution in [3.05, 3.63) is 52.9 Å². The molecule has 2 aromatic rings. The molecular formula is C20H22N4O. The molecule has 1 heterocycles. The second-order valence-corrected chi connectivity index (χ2v) is 6.46. The predicted octanol–water partition coefficient (Wildman–Crippen LogP) is 3.45. The number of amides is 1. The molecule has 1 fully saturated rings. The van der Waals surface area contributed by atoms with Gasteiger partial charge in [-0.05, 0) is 44.9 Å². The van der Waals surface area contributed by atoms with E-state index >= 15 is 0 Å². The minimum Gasteiger partial charge on any atom is -0.349 e. The van der Waals surface area contributed by atoms with Crippen molar-refractivity contribution in [2.24, 2.45) is 0 Å². The number of benzene rings is 1. The summed E-state index contributed by atoms with van der Waals surface area (Å²) in [4.78, 5) is 12.4. The molecule has 0 saturated heterocycles. The highest BCUT2D eigenvalue weighted by molar-refractivity contribution is 6.02. The maximum Gasteiger partial charge on any atom is 0.262 e. The molecule has 0 spiro atoms.